The first-order valence-electron chi connectivity index (χ1n) is 8.63. The molecule has 0 atom stereocenters. The van der Waals surface area contributed by atoms with Gasteiger partial charge in [-0.25, -0.2) is 0 Å². The zero-order valence-electron chi connectivity index (χ0n) is 15.3. The van der Waals surface area contributed by atoms with E-state index in [0.29, 0.717) is 0 Å². The highest BCUT2D eigenvalue weighted by molar-refractivity contribution is 6.12. The molecule has 3 rings (SSSR count). The fourth-order valence-electron chi connectivity index (χ4n) is 2.64. The highest BCUT2D eigenvalue weighted by atomic mass is 16.6. The van der Waals surface area contributed by atoms with Gasteiger partial charge in [0.05, 0.1) is 22.1 Å². The van der Waals surface area contributed by atoms with Crippen molar-refractivity contribution in [2.45, 2.75) is 0 Å². The Hall–Kier alpha value is -4.53. The summed E-state index contributed by atoms with van der Waals surface area (Å²) in [7, 11) is 0. The molecule has 150 valence electrons. The maximum atomic E-state index is 12.7. The second-order valence-corrected chi connectivity index (χ2v) is 6.13. The van der Waals surface area contributed by atoms with Crippen LogP contribution in [0.5, 0.6) is 0 Å². The van der Waals surface area contributed by atoms with Gasteiger partial charge in [0.1, 0.15) is 0 Å². The number of benzene rings is 3. The van der Waals surface area contributed by atoms with Crippen molar-refractivity contribution in [3.63, 3.8) is 0 Å². The number of carbonyl (C=O) groups is 3. The molecule has 3 aromatic carbocycles. The van der Waals surface area contributed by atoms with E-state index >= 15 is 0 Å². The molecule has 3 aromatic rings. The smallest absolute Gasteiger partial charge is 0.269 e. The number of rotatable bonds is 6. The maximum absolute atomic E-state index is 12.7. The predicted octanol–water partition coefficient (Wildman–Crippen LogP) is 2.46. The van der Waals surface area contributed by atoms with Crippen LogP contribution in [0.3, 0.4) is 0 Å². The van der Waals surface area contributed by atoms with Crippen molar-refractivity contribution in [3.8, 4) is 0 Å². The van der Waals surface area contributed by atoms with Crippen LogP contribution >= 0.6 is 0 Å². The topological polar surface area (TPSA) is 141 Å². The molecule has 0 bridgehead atoms. The van der Waals surface area contributed by atoms with E-state index in [-0.39, 0.29) is 33.8 Å². The standard InChI is InChI=1S/C21H15N3O6/c25-19(13-8-10-16(11-9-13)24(29)30)23-18-7-2-1-6-17(18)20(26)22-15-5-3-4-14(12-15)21(27)28/h1-12H,(H,22,26)(H,23,25)(H,27,28)/p-1. The summed E-state index contributed by atoms with van der Waals surface area (Å²) < 4.78 is 0. The van der Waals surface area contributed by atoms with Gasteiger partial charge in [0.15, 0.2) is 0 Å². The van der Waals surface area contributed by atoms with Gasteiger partial charge in [-0.1, -0.05) is 24.3 Å². The minimum absolute atomic E-state index is 0.0902. The Bertz CT molecular complexity index is 1140. The lowest BCUT2D eigenvalue weighted by Gasteiger charge is -2.12. The van der Waals surface area contributed by atoms with Crippen LogP contribution < -0.4 is 15.7 Å². The lowest BCUT2D eigenvalue weighted by Crippen LogP contribution is -2.22. The van der Waals surface area contributed by atoms with Crippen molar-refractivity contribution in [1.82, 2.24) is 0 Å². The molecular weight excluding hydrogens is 390 g/mol. The highest BCUT2D eigenvalue weighted by Crippen LogP contribution is 2.20. The monoisotopic (exact) mass is 404 g/mol. The summed E-state index contributed by atoms with van der Waals surface area (Å²) >= 11 is 0. The van der Waals surface area contributed by atoms with Gasteiger partial charge in [-0.05, 0) is 42.0 Å². The van der Waals surface area contributed by atoms with Gasteiger partial charge >= 0.3 is 0 Å². The van der Waals surface area contributed by atoms with E-state index < -0.39 is 22.7 Å². The van der Waals surface area contributed by atoms with E-state index in [1.807, 2.05) is 0 Å². The zero-order valence-corrected chi connectivity index (χ0v) is 15.3. The summed E-state index contributed by atoms with van der Waals surface area (Å²) in [6.45, 7) is 0. The molecule has 9 heteroatoms. The molecule has 30 heavy (non-hydrogen) atoms. The summed E-state index contributed by atoms with van der Waals surface area (Å²) in [5.41, 5.74) is 0.550. The molecular formula is C21H14N3O6-. The average Bonchev–Trinajstić information content (AvgIpc) is 2.74. The highest BCUT2D eigenvalue weighted by Gasteiger charge is 2.15. The van der Waals surface area contributed by atoms with Gasteiger partial charge < -0.3 is 20.5 Å². The summed E-state index contributed by atoms with van der Waals surface area (Å²) in [6.07, 6.45) is 0. The molecule has 0 spiro atoms. The number of carboxylic acids is 1. The largest absolute Gasteiger partial charge is 0.545 e. The van der Waals surface area contributed by atoms with Crippen LogP contribution in [0.1, 0.15) is 31.1 Å². The molecule has 2 amide bonds. The molecule has 0 aliphatic rings. The first-order valence-corrected chi connectivity index (χ1v) is 8.63. The number of nitrogens with one attached hydrogen (secondary N) is 2. The van der Waals surface area contributed by atoms with E-state index in [4.69, 9.17) is 0 Å². The Balaban J connectivity index is 1.79. The van der Waals surface area contributed by atoms with Crippen LogP contribution in [0.25, 0.3) is 0 Å². The Morgan fingerprint density at radius 2 is 1.47 bits per heavy atom. The van der Waals surface area contributed by atoms with Crippen LogP contribution in [0.15, 0.2) is 72.8 Å². The summed E-state index contributed by atoms with van der Waals surface area (Å²) in [6, 6.07) is 16.8. The summed E-state index contributed by atoms with van der Waals surface area (Å²) in [4.78, 5) is 46.2. The van der Waals surface area contributed by atoms with E-state index in [2.05, 4.69) is 10.6 Å². The third-order valence-electron chi connectivity index (χ3n) is 4.12. The van der Waals surface area contributed by atoms with Crippen molar-refractivity contribution in [2.75, 3.05) is 10.6 Å². The number of carbonyl (C=O) groups excluding carboxylic acids is 3. The van der Waals surface area contributed by atoms with Gasteiger partial charge in [0.2, 0.25) is 0 Å². The third-order valence-corrected chi connectivity index (χ3v) is 4.12. The number of nitro groups is 1. The van der Waals surface area contributed by atoms with Crippen LogP contribution in [-0.4, -0.2) is 22.7 Å². The number of carboxylic acid groups (broad SMARTS) is 1. The molecule has 0 fully saturated rings. The lowest BCUT2D eigenvalue weighted by molar-refractivity contribution is -0.384. The van der Waals surface area contributed by atoms with Crippen LogP contribution in [0.2, 0.25) is 0 Å². The number of hydrogen-bond donors (Lipinski definition) is 2. The van der Waals surface area contributed by atoms with Crippen molar-refractivity contribution in [2.24, 2.45) is 0 Å². The number of nitro benzene ring substituents is 1. The predicted molar refractivity (Wildman–Crippen MR) is 106 cm³/mol. The molecule has 0 aromatic heterocycles. The number of hydrogen-bond acceptors (Lipinski definition) is 6. The molecule has 2 N–H and O–H groups in total. The fourth-order valence-corrected chi connectivity index (χ4v) is 2.64. The normalized spacial score (nSPS) is 10.1. The Morgan fingerprint density at radius 1 is 0.767 bits per heavy atom. The molecule has 0 radical (unpaired) electrons. The molecule has 0 heterocycles. The Morgan fingerprint density at radius 3 is 2.13 bits per heavy atom. The van der Waals surface area contributed by atoms with Crippen molar-refractivity contribution in [3.05, 3.63) is 99.6 Å². The van der Waals surface area contributed by atoms with Gasteiger partial charge in [-0.15, -0.1) is 0 Å². The zero-order chi connectivity index (χ0) is 21.7. The second-order valence-electron chi connectivity index (χ2n) is 6.13. The van der Waals surface area contributed by atoms with E-state index in [1.54, 1.807) is 12.1 Å². The quantitative estimate of drug-likeness (QED) is 0.477. The lowest BCUT2D eigenvalue weighted by atomic mass is 10.1. The van der Waals surface area contributed by atoms with E-state index in [0.717, 1.165) is 0 Å². The molecule has 0 saturated carbocycles. The molecule has 0 aliphatic heterocycles. The van der Waals surface area contributed by atoms with Crippen LogP contribution in [0.4, 0.5) is 17.1 Å². The van der Waals surface area contributed by atoms with Crippen molar-refractivity contribution >= 4 is 34.8 Å². The molecule has 0 aliphatic carbocycles. The molecule has 0 saturated heterocycles. The minimum atomic E-state index is -1.37. The SMILES string of the molecule is O=C([O-])c1cccc(NC(=O)c2ccccc2NC(=O)c2ccc([N+](=O)[O-])cc2)c1. The fraction of sp³-hybridized carbons (Fsp3) is 0. The summed E-state index contributed by atoms with van der Waals surface area (Å²) in [5, 5.41) is 26.9. The third kappa shape index (κ3) is 4.65. The number of para-hydroxylation sites is 1. The van der Waals surface area contributed by atoms with Gasteiger partial charge in [0, 0.05) is 23.4 Å². The number of non-ortho nitro benzene ring substituents is 1. The van der Waals surface area contributed by atoms with Crippen LogP contribution in [0, 0.1) is 10.1 Å². The van der Waals surface area contributed by atoms with Crippen LogP contribution in [-0.2, 0) is 0 Å². The average molecular weight is 404 g/mol. The molecule has 0 unspecified atom stereocenters. The first-order chi connectivity index (χ1) is 14.3. The van der Waals surface area contributed by atoms with E-state index in [1.165, 1.54) is 60.7 Å². The van der Waals surface area contributed by atoms with Crippen molar-refractivity contribution < 1.29 is 24.4 Å². The number of amides is 2. The number of anilines is 2. The van der Waals surface area contributed by atoms with Gasteiger partial charge in [0.25, 0.3) is 17.5 Å². The summed E-state index contributed by atoms with van der Waals surface area (Å²) in [5.74, 6) is -2.49. The first kappa shape index (κ1) is 20.2. The number of aromatic carboxylic acids is 1. The van der Waals surface area contributed by atoms with E-state index in [9.17, 15) is 29.6 Å². The maximum Gasteiger partial charge on any atom is 0.269 e. The second kappa shape index (κ2) is 8.65. The van der Waals surface area contributed by atoms with Gasteiger partial charge in [-0.3, -0.25) is 19.7 Å². The Labute approximate surface area is 170 Å². The van der Waals surface area contributed by atoms with Gasteiger partial charge in [-0.2, -0.15) is 0 Å². The Kier molecular flexibility index (Phi) is 5.83. The van der Waals surface area contributed by atoms with Crippen molar-refractivity contribution in [1.29, 1.82) is 0 Å². The molecule has 9 nitrogen and oxygen atoms in total. The minimum Gasteiger partial charge on any atom is -0.545 e. The number of nitrogens with zero attached hydrogens (tertiary/aromatic N) is 1.